The van der Waals surface area contributed by atoms with E-state index in [-0.39, 0.29) is 16.3 Å². The molecule has 0 aliphatic carbocycles. The number of hydrogen-bond donors (Lipinski definition) is 2. The van der Waals surface area contributed by atoms with Crippen LogP contribution in [-0.2, 0) is 6.18 Å². The fourth-order valence-corrected chi connectivity index (χ4v) is 3.07. The van der Waals surface area contributed by atoms with Crippen LogP contribution in [0.1, 0.15) is 18.5 Å². The maximum atomic E-state index is 13.1. The summed E-state index contributed by atoms with van der Waals surface area (Å²) in [5, 5.41) is 6.41. The third-order valence-electron chi connectivity index (χ3n) is 3.41. The Labute approximate surface area is 127 Å². The third kappa shape index (κ3) is 2.84. The van der Waals surface area contributed by atoms with E-state index in [9.17, 15) is 13.2 Å². The van der Waals surface area contributed by atoms with E-state index < -0.39 is 11.9 Å². The van der Waals surface area contributed by atoms with Crippen molar-refractivity contribution in [1.82, 2.24) is 19.7 Å². The molecule has 114 valence electrons. The molecular formula is C12H13BrF3N5. The Morgan fingerprint density at radius 2 is 2.24 bits per heavy atom. The maximum Gasteiger partial charge on any atom is 0.434 e. The first-order chi connectivity index (χ1) is 9.97. The second-order valence-electron chi connectivity index (χ2n) is 4.91. The number of hydrogen-bond acceptors (Lipinski definition) is 4. The average molecular weight is 364 g/mol. The molecule has 3 rings (SSSR count). The quantitative estimate of drug-likeness (QED) is 0.861. The van der Waals surface area contributed by atoms with Crippen molar-refractivity contribution in [3.63, 3.8) is 0 Å². The summed E-state index contributed by atoms with van der Waals surface area (Å²) in [5.74, 6) is 0.355. The van der Waals surface area contributed by atoms with E-state index in [1.54, 1.807) is 0 Å². The lowest BCUT2D eigenvalue weighted by molar-refractivity contribution is -0.142. The standard InChI is InChI=1S/C12H13BrF3N5/c13-9-8(12(14,15)16)21-5-4-18-11(21)10(20-9)19-7-2-1-3-17-6-7/h4-5,7,17H,1-3,6H2,(H,19,20)/t7-/m0/s1. The first kappa shape index (κ1) is 14.6. The summed E-state index contributed by atoms with van der Waals surface area (Å²) in [5.41, 5.74) is -0.682. The molecule has 2 N–H and O–H groups in total. The van der Waals surface area contributed by atoms with Crippen molar-refractivity contribution >= 4 is 27.4 Å². The summed E-state index contributed by atoms with van der Waals surface area (Å²) in [4.78, 5) is 8.00. The van der Waals surface area contributed by atoms with Crippen LogP contribution in [0.5, 0.6) is 0 Å². The summed E-state index contributed by atoms with van der Waals surface area (Å²) in [7, 11) is 0. The molecule has 1 saturated heterocycles. The largest absolute Gasteiger partial charge is 0.434 e. The van der Waals surface area contributed by atoms with E-state index in [0.29, 0.717) is 5.82 Å². The van der Waals surface area contributed by atoms with E-state index in [1.807, 2.05) is 0 Å². The maximum absolute atomic E-state index is 13.1. The molecule has 2 aromatic rings. The van der Waals surface area contributed by atoms with Crippen LogP contribution in [-0.4, -0.2) is 33.5 Å². The van der Waals surface area contributed by atoms with Crippen LogP contribution in [0.2, 0.25) is 0 Å². The highest BCUT2D eigenvalue weighted by Crippen LogP contribution is 2.35. The van der Waals surface area contributed by atoms with Gasteiger partial charge in [-0.2, -0.15) is 13.2 Å². The van der Waals surface area contributed by atoms with Crippen LogP contribution in [0, 0.1) is 0 Å². The van der Waals surface area contributed by atoms with Gasteiger partial charge in [0.25, 0.3) is 0 Å². The van der Waals surface area contributed by atoms with E-state index >= 15 is 0 Å². The highest BCUT2D eigenvalue weighted by molar-refractivity contribution is 9.10. The molecule has 0 aromatic carbocycles. The van der Waals surface area contributed by atoms with Crippen molar-refractivity contribution in [2.24, 2.45) is 0 Å². The Morgan fingerprint density at radius 3 is 2.90 bits per heavy atom. The van der Waals surface area contributed by atoms with Crippen LogP contribution in [0.3, 0.4) is 0 Å². The summed E-state index contributed by atoms with van der Waals surface area (Å²) >= 11 is 2.92. The average Bonchev–Trinajstić information content (AvgIpc) is 2.87. The molecule has 1 aliphatic rings. The van der Waals surface area contributed by atoms with Crippen molar-refractivity contribution in [2.45, 2.75) is 25.1 Å². The molecule has 5 nitrogen and oxygen atoms in total. The molecule has 1 aliphatic heterocycles. The molecule has 0 spiro atoms. The van der Waals surface area contributed by atoms with Gasteiger partial charge in [0, 0.05) is 25.0 Å². The predicted octanol–water partition coefficient (Wildman–Crippen LogP) is 2.67. The van der Waals surface area contributed by atoms with E-state index in [0.717, 1.165) is 30.3 Å². The van der Waals surface area contributed by atoms with Gasteiger partial charge in [-0.15, -0.1) is 0 Å². The van der Waals surface area contributed by atoms with Gasteiger partial charge in [-0.25, -0.2) is 9.97 Å². The lowest BCUT2D eigenvalue weighted by Gasteiger charge is -2.25. The van der Waals surface area contributed by atoms with Crippen LogP contribution in [0.15, 0.2) is 17.0 Å². The molecule has 0 bridgehead atoms. The zero-order valence-corrected chi connectivity index (χ0v) is 12.5. The predicted molar refractivity (Wildman–Crippen MR) is 75.2 cm³/mol. The van der Waals surface area contributed by atoms with Gasteiger partial charge in [0.1, 0.15) is 4.60 Å². The normalized spacial score (nSPS) is 19.9. The van der Waals surface area contributed by atoms with Gasteiger partial charge in [-0.1, -0.05) is 0 Å². The SMILES string of the molecule is FC(F)(F)c1c(Br)nc(N[C@H]2CCCNC2)c2nccn12. The molecule has 0 saturated carbocycles. The number of alkyl halides is 3. The van der Waals surface area contributed by atoms with E-state index in [1.165, 1.54) is 12.4 Å². The number of nitrogens with one attached hydrogen (secondary N) is 2. The number of anilines is 1. The molecule has 1 atom stereocenters. The number of halogens is 4. The number of aromatic nitrogens is 3. The highest BCUT2D eigenvalue weighted by Gasteiger charge is 2.37. The van der Waals surface area contributed by atoms with Gasteiger partial charge >= 0.3 is 6.18 Å². The zero-order valence-electron chi connectivity index (χ0n) is 10.9. The fourth-order valence-electron chi connectivity index (χ4n) is 2.48. The zero-order chi connectivity index (χ0) is 15.0. The molecule has 21 heavy (non-hydrogen) atoms. The van der Waals surface area contributed by atoms with Gasteiger partial charge < -0.3 is 10.6 Å². The Hall–Kier alpha value is -1.35. The smallest absolute Gasteiger partial charge is 0.363 e. The molecule has 9 heteroatoms. The van der Waals surface area contributed by atoms with Gasteiger partial charge in [0.2, 0.25) is 0 Å². The fraction of sp³-hybridized carbons (Fsp3) is 0.500. The number of nitrogens with zero attached hydrogens (tertiary/aromatic N) is 3. The van der Waals surface area contributed by atoms with Gasteiger partial charge in [0.15, 0.2) is 17.2 Å². The van der Waals surface area contributed by atoms with Crippen LogP contribution in [0.25, 0.3) is 5.65 Å². The minimum atomic E-state index is -4.50. The molecule has 0 unspecified atom stereocenters. The first-order valence-corrected chi connectivity index (χ1v) is 7.33. The van der Waals surface area contributed by atoms with E-state index in [2.05, 4.69) is 36.5 Å². The summed E-state index contributed by atoms with van der Waals surface area (Å²) in [6.07, 6.45) is 0.0813. The molecule has 1 fully saturated rings. The lowest BCUT2D eigenvalue weighted by Crippen LogP contribution is -2.38. The van der Waals surface area contributed by atoms with Crippen LogP contribution in [0.4, 0.5) is 19.0 Å². The second-order valence-corrected chi connectivity index (χ2v) is 5.66. The minimum absolute atomic E-state index is 0.135. The summed E-state index contributed by atoms with van der Waals surface area (Å²) in [6.45, 7) is 1.72. The second kappa shape index (κ2) is 5.45. The Kier molecular flexibility index (Phi) is 3.78. The van der Waals surface area contributed by atoms with Crippen molar-refractivity contribution in [3.8, 4) is 0 Å². The molecule has 3 heterocycles. The van der Waals surface area contributed by atoms with Crippen LogP contribution >= 0.6 is 15.9 Å². The Morgan fingerprint density at radius 1 is 1.43 bits per heavy atom. The first-order valence-electron chi connectivity index (χ1n) is 6.54. The number of fused-ring (bicyclic) bond motifs is 1. The van der Waals surface area contributed by atoms with Gasteiger partial charge in [0.05, 0.1) is 0 Å². The monoisotopic (exact) mass is 363 g/mol. The van der Waals surface area contributed by atoms with Crippen molar-refractivity contribution in [3.05, 3.63) is 22.7 Å². The number of rotatable bonds is 2. The highest BCUT2D eigenvalue weighted by atomic mass is 79.9. The topological polar surface area (TPSA) is 54.2 Å². The summed E-state index contributed by atoms with van der Waals surface area (Å²) in [6, 6.07) is 0.135. The minimum Gasteiger partial charge on any atom is -0.363 e. The molecule has 2 aromatic heterocycles. The molecular weight excluding hydrogens is 351 g/mol. The summed E-state index contributed by atoms with van der Waals surface area (Å²) < 4.78 is 40.1. The van der Waals surface area contributed by atoms with Crippen molar-refractivity contribution < 1.29 is 13.2 Å². The van der Waals surface area contributed by atoms with Crippen molar-refractivity contribution in [2.75, 3.05) is 18.4 Å². The molecule has 0 amide bonds. The Balaban J connectivity index is 2.02. The van der Waals surface area contributed by atoms with Crippen LogP contribution < -0.4 is 10.6 Å². The molecule has 0 radical (unpaired) electrons. The van der Waals surface area contributed by atoms with Gasteiger partial charge in [-0.3, -0.25) is 4.40 Å². The van der Waals surface area contributed by atoms with Gasteiger partial charge in [-0.05, 0) is 35.3 Å². The number of imidazole rings is 1. The lowest BCUT2D eigenvalue weighted by atomic mass is 10.1. The third-order valence-corrected chi connectivity index (χ3v) is 3.96. The van der Waals surface area contributed by atoms with Crippen molar-refractivity contribution in [1.29, 1.82) is 0 Å². The Bertz CT molecular complexity index is 648. The number of piperidine rings is 1. The van der Waals surface area contributed by atoms with E-state index in [4.69, 9.17) is 0 Å².